The molecule has 4 heterocycles. The van der Waals surface area contributed by atoms with Gasteiger partial charge in [-0.3, -0.25) is 0 Å². The molecule has 0 radical (unpaired) electrons. The van der Waals surface area contributed by atoms with E-state index in [4.69, 9.17) is 19.9 Å². The van der Waals surface area contributed by atoms with E-state index in [0.29, 0.717) is 17.5 Å². The Morgan fingerprint density at radius 1 is 0.379 bits per heavy atom. The second-order valence-corrected chi connectivity index (χ2v) is 15.6. The molecule has 0 saturated heterocycles. The Kier molecular flexibility index (Phi) is 7.33. The molecular weight excluding hydrogens is 727 g/mol. The molecule has 6 heteroatoms. The Morgan fingerprint density at radius 3 is 1.83 bits per heavy atom. The highest BCUT2D eigenvalue weighted by Crippen LogP contribution is 2.46. The van der Waals surface area contributed by atoms with Crippen LogP contribution in [0.2, 0.25) is 0 Å². The third kappa shape index (κ3) is 5.09. The minimum Gasteiger partial charge on any atom is -0.309 e. The van der Waals surface area contributed by atoms with Gasteiger partial charge < -0.3 is 4.57 Å². The molecule has 0 atom stereocenters. The van der Waals surface area contributed by atoms with Crippen molar-refractivity contribution in [3.8, 4) is 51.1 Å². The predicted molar refractivity (Wildman–Crippen MR) is 242 cm³/mol. The first-order chi connectivity index (χ1) is 28.8. The van der Waals surface area contributed by atoms with Gasteiger partial charge in [-0.25, -0.2) is 19.9 Å². The lowest BCUT2D eigenvalue weighted by atomic mass is 9.97. The molecule has 0 aliphatic rings. The van der Waals surface area contributed by atoms with Crippen molar-refractivity contribution < 1.29 is 0 Å². The number of nitrogens with zero attached hydrogens (tertiary/aromatic N) is 5. The van der Waals surface area contributed by atoms with E-state index in [0.717, 1.165) is 71.7 Å². The van der Waals surface area contributed by atoms with E-state index in [2.05, 4.69) is 174 Å². The lowest BCUT2D eigenvalue weighted by Crippen LogP contribution is -2.00. The zero-order valence-electron chi connectivity index (χ0n) is 31.0. The summed E-state index contributed by atoms with van der Waals surface area (Å²) in [5.74, 6) is 1.92. The van der Waals surface area contributed by atoms with Crippen LogP contribution in [-0.2, 0) is 0 Å². The average Bonchev–Trinajstić information content (AvgIpc) is 3.85. The van der Waals surface area contributed by atoms with E-state index >= 15 is 0 Å². The van der Waals surface area contributed by atoms with Gasteiger partial charge in [-0.2, -0.15) is 0 Å². The van der Waals surface area contributed by atoms with Crippen LogP contribution in [0.3, 0.4) is 0 Å². The van der Waals surface area contributed by atoms with Crippen molar-refractivity contribution in [3.05, 3.63) is 188 Å². The van der Waals surface area contributed by atoms with Gasteiger partial charge in [0.1, 0.15) is 0 Å². The molecule has 0 spiro atoms. The van der Waals surface area contributed by atoms with E-state index in [9.17, 15) is 0 Å². The number of pyridine rings is 1. The van der Waals surface area contributed by atoms with Gasteiger partial charge in [-0.05, 0) is 48.5 Å². The summed E-state index contributed by atoms with van der Waals surface area (Å²) in [6.07, 6.45) is 0. The number of benzene rings is 8. The Bertz CT molecular complexity index is 3560. The smallest absolute Gasteiger partial charge is 0.164 e. The van der Waals surface area contributed by atoms with Crippen LogP contribution < -0.4 is 0 Å². The standard InChI is InChI=1S/C52H31N5S/c1-4-15-32(16-5-1)48-38-28-29-39-46-40(23-14-26-45(46)58-49(39)47(38)37-22-10-12-24-42(37)53-48)52-55-50(33-17-6-2-7-18-33)54-51(56-52)34-27-30-44-41(31-34)36-21-11-13-25-43(36)57(44)35-19-8-3-9-20-35/h1-31H. The van der Waals surface area contributed by atoms with E-state index in [1.54, 1.807) is 0 Å². The number of thiophene rings is 1. The fraction of sp³-hybridized carbons (Fsp3) is 0. The zero-order chi connectivity index (χ0) is 38.2. The van der Waals surface area contributed by atoms with Crippen LogP contribution in [0.25, 0.3) is 115 Å². The quantitative estimate of drug-likeness (QED) is 0.164. The molecule has 0 bridgehead atoms. The first-order valence-corrected chi connectivity index (χ1v) is 20.2. The number of para-hydroxylation sites is 3. The van der Waals surface area contributed by atoms with Crippen LogP contribution in [0, 0.1) is 0 Å². The number of aromatic nitrogens is 5. The maximum absolute atomic E-state index is 5.32. The summed E-state index contributed by atoms with van der Waals surface area (Å²) in [6.45, 7) is 0. The SMILES string of the molecule is c1ccc(-c2nc(-c3ccc4c(c3)c3ccccc3n4-c3ccccc3)nc(-c3cccc4sc5c(ccc6c(-c7ccccc7)nc7ccccc7c65)c34)n2)cc1. The Labute approximate surface area is 337 Å². The summed E-state index contributed by atoms with van der Waals surface area (Å²) in [5.41, 5.74) is 9.35. The molecule has 0 saturated carbocycles. The van der Waals surface area contributed by atoms with E-state index < -0.39 is 0 Å². The van der Waals surface area contributed by atoms with Gasteiger partial charge in [0.25, 0.3) is 0 Å². The predicted octanol–water partition coefficient (Wildman–Crippen LogP) is 13.7. The zero-order valence-corrected chi connectivity index (χ0v) is 31.9. The summed E-state index contributed by atoms with van der Waals surface area (Å²) in [4.78, 5) is 20.9. The lowest BCUT2D eigenvalue weighted by molar-refractivity contribution is 1.08. The molecule has 12 aromatic rings. The number of hydrogen-bond donors (Lipinski definition) is 0. The Morgan fingerprint density at radius 2 is 1.02 bits per heavy atom. The van der Waals surface area contributed by atoms with Crippen molar-refractivity contribution in [1.82, 2.24) is 24.5 Å². The molecule has 0 fully saturated rings. The van der Waals surface area contributed by atoms with Gasteiger partial charge in [0.2, 0.25) is 0 Å². The highest BCUT2D eigenvalue weighted by Gasteiger charge is 2.21. The summed E-state index contributed by atoms with van der Waals surface area (Å²) in [5, 5.41) is 8.16. The van der Waals surface area contributed by atoms with Crippen LogP contribution in [0.1, 0.15) is 0 Å². The Hall–Kier alpha value is -7.54. The first kappa shape index (κ1) is 32.7. The van der Waals surface area contributed by atoms with Crippen LogP contribution in [-0.4, -0.2) is 24.5 Å². The van der Waals surface area contributed by atoms with Gasteiger partial charge in [0.15, 0.2) is 17.5 Å². The summed E-state index contributed by atoms with van der Waals surface area (Å²) in [6, 6.07) is 65.9. The first-order valence-electron chi connectivity index (χ1n) is 19.4. The van der Waals surface area contributed by atoms with Crippen LogP contribution in [0.15, 0.2) is 188 Å². The van der Waals surface area contributed by atoms with Crippen LogP contribution in [0.4, 0.5) is 0 Å². The Balaban J connectivity index is 1.10. The second-order valence-electron chi connectivity index (χ2n) is 14.6. The fourth-order valence-electron chi connectivity index (χ4n) is 8.63. The van der Waals surface area contributed by atoms with Gasteiger partial charge in [-0.15, -0.1) is 11.3 Å². The van der Waals surface area contributed by atoms with Crippen LogP contribution >= 0.6 is 11.3 Å². The third-order valence-corrected chi connectivity index (χ3v) is 12.4. The van der Waals surface area contributed by atoms with Gasteiger partial charge in [0.05, 0.1) is 22.2 Å². The van der Waals surface area contributed by atoms with Gasteiger partial charge in [0, 0.05) is 75.0 Å². The molecule has 58 heavy (non-hydrogen) atoms. The van der Waals surface area contributed by atoms with Crippen LogP contribution in [0.5, 0.6) is 0 Å². The molecule has 0 N–H and O–H groups in total. The monoisotopic (exact) mass is 757 g/mol. The molecule has 5 nitrogen and oxygen atoms in total. The van der Waals surface area contributed by atoms with Crippen molar-refractivity contribution >= 4 is 75.0 Å². The number of hydrogen-bond acceptors (Lipinski definition) is 5. The molecule has 0 amide bonds. The number of rotatable bonds is 5. The van der Waals surface area contributed by atoms with E-state index in [-0.39, 0.29) is 0 Å². The fourth-order valence-corrected chi connectivity index (χ4v) is 9.92. The largest absolute Gasteiger partial charge is 0.309 e. The van der Waals surface area contributed by atoms with Crippen molar-refractivity contribution in [2.45, 2.75) is 0 Å². The molecule has 12 rings (SSSR count). The molecule has 4 aromatic heterocycles. The average molecular weight is 758 g/mol. The van der Waals surface area contributed by atoms with Gasteiger partial charge in [-0.1, -0.05) is 140 Å². The summed E-state index contributed by atoms with van der Waals surface area (Å²) >= 11 is 1.82. The molecule has 0 aliphatic heterocycles. The van der Waals surface area contributed by atoms with E-state index in [1.807, 2.05) is 29.5 Å². The van der Waals surface area contributed by atoms with Crippen molar-refractivity contribution in [1.29, 1.82) is 0 Å². The third-order valence-electron chi connectivity index (χ3n) is 11.2. The maximum Gasteiger partial charge on any atom is 0.164 e. The normalized spacial score (nSPS) is 11.8. The highest BCUT2D eigenvalue weighted by molar-refractivity contribution is 7.27. The highest BCUT2D eigenvalue weighted by atomic mass is 32.1. The minimum absolute atomic E-state index is 0.633. The molecule has 0 unspecified atom stereocenters. The molecule has 8 aromatic carbocycles. The molecule has 0 aliphatic carbocycles. The minimum atomic E-state index is 0.633. The van der Waals surface area contributed by atoms with E-state index in [1.165, 1.54) is 25.6 Å². The van der Waals surface area contributed by atoms with Crippen molar-refractivity contribution in [2.24, 2.45) is 0 Å². The maximum atomic E-state index is 5.32. The summed E-state index contributed by atoms with van der Waals surface area (Å²) < 4.78 is 4.74. The van der Waals surface area contributed by atoms with Crippen molar-refractivity contribution in [3.63, 3.8) is 0 Å². The molecule has 270 valence electrons. The molecular formula is C52H31N5S. The second kappa shape index (κ2) is 13.0. The topological polar surface area (TPSA) is 56.5 Å². The summed E-state index contributed by atoms with van der Waals surface area (Å²) in [7, 11) is 0. The number of fused-ring (bicyclic) bond motifs is 10. The van der Waals surface area contributed by atoms with Gasteiger partial charge >= 0.3 is 0 Å². The lowest BCUT2D eigenvalue weighted by Gasteiger charge is -2.12. The van der Waals surface area contributed by atoms with Crippen molar-refractivity contribution in [2.75, 3.05) is 0 Å².